The predicted molar refractivity (Wildman–Crippen MR) is 211 cm³/mol. The molecular weight excluding hydrogens is 617 g/mol. The van der Waals surface area contributed by atoms with Crippen LogP contribution in [-0.2, 0) is 5.41 Å². The summed E-state index contributed by atoms with van der Waals surface area (Å²) in [4.78, 5) is 0. The second-order valence-electron chi connectivity index (χ2n) is 14.0. The Balaban J connectivity index is 1.20. The van der Waals surface area contributed by atoms with Crippen LogP contribution in [0.2, 0.25) is 0 Å². The van der Waals surface area contributed by atoms with Crippen LogP contribution in [0.5, 0.6) is 0 Å². The first-order valence-corrected chi connectivity index (χ1v) is 17.8. The van der Waals surface area contributed by atoms with Crippen molar-refractivity contribution in [1.29, 1.82) is 0 Å². The number of fused-ring (bicyclic) bond motifs is 16. The van der Waals surface area contributed by atoms with E-state index in [9.17, 15) is 0 Å². The molecule has 0 saturated carbocycles. The van der Waals surface area contributed by atoms with E-state index in [2.05, 4.69) is 191 Å². The normalized spacial score (nSPS) is 13.6. The fraction of sp³-hybridized carbons (Fsp3) is 0.0204. The molecule has 0 unspecified atom stereocenters. The average molecular weight is 647 g/mol. The van der Waals surface area contributed by atoms with Crippen molar-refractivity contribution < 1.29 is 0 Å². The van der Waals surface area contributed by atoms with Gasteiger partial charge < -0.3 is 9.13 Å². The van der Waals surface area contributed by atoms with Crippen LogP contribution in [0.4, 0.5) is 0 Å². The van der Waals surface area contributed by atoms with E-state index in [1.165, 1.54) is 99.5 Å². The SMILES string of the molecule is c1ccc2c(c1)-c1ccccc1C21c2cc(-n3c4ccccc4c4ccccc43)ccc2-c2ccc(-n3c4ccccc4c4ccccc43)cc21. The summed E-state index contributed by atoms with van der Waals surface area (Å²) in [5.74, 6) is 0. The van der Waals surface area contributed by atoms with E-state index in [1.807, 2.05) is 0 Å². The van der Waals surface area contributed by atoms with Crippen molar-refractivity contribution in [3.63, 3.8) is 0 Å². The van der Waals surface area contributed by atoms with Crippen molar-refractivity contribution in [2.45, 2.75) is 5.41 Å². The molecule has 2 aliphatic carbocycles. The molecule has 0 saturated heterocycles. The molecule has 0 amide bonds. The molecule has 0 fully saturated rings. The molecule has 2 heterocycles. The first-order valence-electron chi connectivity index (χ1n) is 17.8. The Morgan fingerprint density at radius 2 is 0.588 bits per heavy atom. The van der Waals surface area contributed by atoms with E-state index in [0.29, 0.717) is 0 Å². The van der Waals surface area contributed by atoms with Crippen LogP contribution in [0.25, 0.3) is 77.2 Å². The standard InChI is InChI=1S/C49H30N2/c1-7-19-41-33(13-1)34-14-2-8-20-42(34)49(41)43-29-31(50-45-21-9-3-15-37(45)38-16-4-10-22-46(38)50)25-27-35(43)36-28-26-32(30-44(36)49)51-47-23-11-5-17-39(47)40-18-6-12-24-48(40)51/h1-30H. The molecule has 0 N–H and O–H groups in total. The van der Waals surface area contributed by atoms with E-state index in [-0.39, 0.29) is 0 Å². The Morgan fingerprint density at radius 1 is 0.275 bits per heavy atom. The third-order valence-electron chi connectivity index (χ3n) is 11.7. The van der Waals surface area contributed by atoms with Gasteiger partial charge in [-0.25, -0.2) is 0 Å². The van der Waals surface area contributed by atoms with E-state index in [4.69, 9.17) is 0 Å². The third-order valence-corrected chi connectivity index (χ3v) is 11.7. The fourth-order valence-corrected chi connectivity index (χ4v) is 9.79. The molecule has 2 nitrogen and oxygen atoms in total. The zero-order valence-electron chi connectivity index (χ0n) is 27.7. The minimum atomic E-state index is -0.471. The summed E-state index contributed by atoms with van der Waals surface area (Å²) in [6.45, 7) is 0. The van der Waals surface area contributed by atoms with Gasteiger partial charge in [0.15, 0.2) is 0 Å². The van der Waals surface area contributed by atoms with Crippen LogP contribution >= 0.6 is 0 Å². The predicted octanol–water partition coefficient (Wildman–Crippen LogP) is 12.2. The van der Waals surface area contributed by atoms with Gasteiger partial charge in [-0.05, 0) is 93.0 Å². The van der Waals surface area contributed by atoms with Gasteiger partial charge in [0.2, 0.25) is 0 Å². The van der Waals surface area contributed by atoms with Crippen molar-refractivity contribution >= 4 is 43.6 Å². The van der Waals surface area contributed by atoms with E-state index in [0.717, 1.165) is 0 Å². The van der Waals surface area contributed by atoms with Crippen LogP contribution < -0.4 is 0 Å². The van der Waals surface area contributed by atoms with Gasteiger partial charge in [-0.2, -0.15) is 0 Å². The van der Waals surface area contributed by atoms with Gasteiger partial charge in [-0.3, -0.25) is 0 Å². The number of nitrogens with zero attached hydrogens (tertiary/aromatic N) is 2. The number of rotatable bonds is 2. The lowest BCUT2D eigenvalue weighted by Gasteiger charge is -2.31. The lowest BCUT2D eigenvalue weighted by molar-refractivity contribution is 0.791. The summed E-state index contributed by atoms with van der Waals surface area (Å²) in [6.07, 6.45) is 0. The maximum Gasteiger partial charge on any atom is 0.0727 e. The van der Waals surface area contributed by atoms with Gasteiger partial charge in [0, 0.05) is 32.9 Å². The summed E-state index contributed by atoms with van der Waals surface area (Å²) in [5, 5.41) is 5.11. The highest BCUT2D eigenvalue weighted by Crippen LogP contribution is 2.63. The Bertz CT molecular complexity index is 2780. The molecule has 2 aromatic heterocycles. The molecule has 0 aliphatic heterocycles. The summed E-state index contributed by atoms with van der Waals surface area (Å²) in [6, 6.07) is 67.8. The molecule has 0 bridgehead atoms. The molecule has 0 atom stereocenters. The molecule has 2 heteroatoms. The van der Waals surface area contributed by atoms with Crippen molar-refractivity contribution in [2.75, 3.05) is 0 Å². The van der Waals surface area contributed by atoms with Crippen molar-refractivity contribution in [3.8, 4) is 33.6 Å². The number of hydrogen-bond acceptors (Lipinski definition) is 0. The Kier molecular flexibility index (Phi) is 5.20. The first kappa shape index (κ1) is 27.2. The molecular formula is C49H30N2. The number of hydrogen-bond donors (Lipinski definition) is 0. The van der Waals surface area contributed by atoms with E-state index in [1.54, 1.807) is 0 Å². The number of para-hydroxylation sites is 4. The monoisotopic (exact) mass is 646 g/mol. The number of aromatic nitrogens is 2. The highest BCUT2D eigenvalue weighted by molar-refractivity contribution is 6.10. The molecule has 51 heavy (non-hydrogen) atoms. The zero-order valence-corrected chi connectivity index (χ0v) is 27.7. The van der Waals surface area contributed by atoms with Crippen LogP contribution in [0, 0.1) is 0 Å². The lowest BCUT2D eigenvalue weighted by Crippen LogP contribution is -2.26. The van der Waals surface area contributed by atoms with E-state index >= 15 is 0 Å². The van der Waals surface area contributed by atoms with Crippen LogP contribution in [0.3, 0.4) is 0 Å². The maximum atomic E-state index is 2.49. The largest absolute Gasteiger partial charge is 0.309 e. The topological polar surface area (TPSA) is 9.86 Å². The highest BCUT2D eigenvalue weighted by atomic mass is 15.0. The minimum Gasteiger partial charge on any atom is -0.309 e. The first-order chi connectivity index (χ1) is 25.3. The van der Waals surface area contributed by atoms with Gasteiger partial charge in [0.1, 0.15) is 0 Å². The molecule has 1 spiro atoms. The molecule has 236 valence electrons. The number of benzene rings is 8. The molecule has 12 rings (SSSR count). The Morgan fingerprint density at radius 3 is 0.980 bits per heavy atom. The highest BCUT2D eigenvalue weighted by Gasteiger charge is 2.52. The molecule has 8 aromatic carbocycles. The fourth-order valence-electron chi connectivity index (χ4n) is 9.79. The molecule has 10 aromatic rings. The zero-order chi connectivity index (χ0) is 33.3. The average Bonchev–Trinajstić information content (AvgIpc) is 3.90. The van der Waals surface area contributed by atoms with Crippen LogP contribution in [0.1, 0.15) is 22.3 Å². The molecule has 2 aliphatic rings. The van der Waals surface area contributed by atoms with E-state index < -0.39 is 5.41 Å². The van der Waals surface area contributed by atoms with Gasteiger partial charge >= 0.3 is 0 Å². The summed E-state index contributed by atoms with van der Waals surface area (Å²) < 4.78 is 4.91. The van der Waals surface area contributed by atoms with Gasteiger partial charge in [0.25, 0.3) is 0 Å². The quantitative estimate of drug-likeness (QED) is 0.177. The summed E-state index contributed by atoms with van der Waals surface area (Å²) >= 11 is 0. The van der Waals surface area contributed by atoms with Crippen molar-refractivity contribution in [3.05, 3.63) is 204 Å². The summed E-state index contributed by atoms with van der Waals surface area (Å²) in [7, 11) is 0. The van der Waals surface area contributed by atoms with Crippen molar-refractivity contribution in [2.24, 2.45) is 0 Å². The van der Waals surface area contributed by atoms with Gasteiger partial charge in [-0.1, -0.05) is 133 Å². The second kappa shape index (κ2) is 9.74. The van der Waals surface area contributed by atoms with Crippen molar-refractivity contribution in [1.82, 2.24) is 9.13 Å². The maximum absolute atomic E-state index is 2.49. The van der Waals surface area contributed by atoms with Crippen LogP contribution in [0.15, 0.2) is 182 Å². The second-order valence-corrected chi connectivity index (χ2v) is 14.0. The smallest absolute Gasteiger partial charge is 0.0727 e. The Labute approximate surface area is 295 Å². The van der Waals surface area contributed by atoms with Crippen LogP contribution in [-0.4, -0.2) is 9.13 Å². The van der Waals surface area contributed by atoms with Gasteiger partial charge in [-0.15, -0.1) is 0 Å². The minimum absolute atomic E-state index is 0.471. The Hall–Kier alpha value is -6.64. The molecule has 0 radical (unpaired) electrons. The summed E-state index contributed by atoms with van der Waals surface area (Å²) in [5.41, 5.74) is 17.4. The third kappa shape index (κ3) is 3.32. The lowest BCUT2D eigenvalue weighted by atomic mass is 9.70. The van der Waals surface area contributed by atoms with Gasteiger partial charge in [0.05, 0.1) is 27.5 Å².